The molecule has 0 atom stereocenters. The Morgan fingerprint density at radius 3 is 3.05 bits per heavy atom. The van der Waals surface area contributed by atoms with Gasteiger partial charge in [-0.25, -0.2) is 4.98 Å². The normalized spacial score (nSPS) is 16.3. The van der Waals surface area contributed by atoms with E-state index >= 15 is 0 Å². The van der Waals surface area contributed by atoms with Crippen LogP contribution in [0.2, 0.25) is 0 Å². The lowest BCUT2D eigenvalue weighted by Gasteiger charge is -2.03. The molecule has 0 radical (unpaired) electrons. The lowest BCUT2D eigenvalue weighted by molar-refractivity contribution is -0.142. The molecule has 19 heavy (non-hydrogen) atoms. The number of rotatable bonds is 4. The Bertz CT molecular complexity index is 581. The van der Waals surface area contributed by atoms with Crippen LogP contribution in [0, 0.1) is 0 Å². The summed E-state index contributed by atoms with van der Waals surface area (Å²) in [5.74, 6) is 0.445. The summed E-state index contributed by atoms with van der Waals surface area (Å²) in [6.45, 7) is 2.26. The second-order valence-electron chi connectivity index (χ2n) is 5.01. The molecule has 1 fully saturated rings. The van der Waals surface area contributed by atoms with Crippen LogP contribution in [-0.4, -0.2) is 22.0 Å². The van der Waals surface area contributed by atoms with E-state index in [-0.39, 0.29) is 5.97 Å². The zero-order valence-electron chi connectivity index (χ0n) is 11.1. The van der Waals surface area contributed by atoms with Gasteiger partial charge in [0.2, 0.25) is 0 Å². The molecule has 0 saturated heterocycles. The van der Waals surface area contributed by atoms with Crippen molar-refractivity contribution in [2.24, 2.45) is 0 Å². The summed E-state index contributed by atoms with van der Waals surface area (Å²) in [5.41, 5.74) is 2.17. The minimum Gasteiger partial charge on any atom is -0.466 e. The molecular formula is C14H18N2O2S. The largest absolute Gasteiger partial charge is 0.466 e. The molecule has 0 aliphatic heterocycles. The molecule has 1 aliphatic rings. The lowest BCUT2D eigenvalue weighted by atomic mass is 10.1. The molecule has 0 aromatic carbocycles. The first-order valence-electron chi connectivity index (χ1n) is 6.89. The van der Waals surface area contributed by atoms with Crippen molar-refractivity contribution in [3.63, 3.8) is 0 Å². The maximum atomic E-state index is 11.6. The molecule has 0 spiro atoms. The Kier molecular flexibility index (Phi) is 3.55. The highest BCUT2D eigenvalue weighted by molar-refractivity contribution is 7.15. The van der Waals surface area contributed by atoms with Crippen LogP contribution >= 0.6 is 11.3 Å². The van der Waals surface area contributed by atoms with E-state index in [2.05, 4.69) is 10.6 Å². The van der Waals surface area contributed by atoms with Gasteiger partial charge in [0.1, 0.15) is 0 Å². The van der Waals surface area contributed by atoms with Crippen LogP contribution < -0.4 is 0 Å². The van der Waals surface area contributed by atoms with E-state index in [1.54, 1.807) is 11.3 Å². The monoisotopic (exact) mass is 278 g/mol. The Labute approximate surface area is 116 Å². The van der Waals surface area contributed by atoms with E-state index in [0.717, 1.165) is 10.7 Å². The van der Waals surface area contributed by atoms with E-state index < -0.39 is 0 Å². The first-order chi connectivity index (χ1) is 9.28. The Balaban J connectivity index is 1.83. The first-order valence-corrected chi connectivity index (χ1v) is 7.77. The summed E-state index contributed by atoms with van der Waals surface area (Å²) >= 11 is 1.60. The number of esters is 1. The minimum absolute atomic E-state index is 0.168. The first kappa shape index (κ1) is 12.7. The fraction of sp³-hybridized carbons (Fsp3) is 0.571. The molecular weight excluding hydrogens is 260 g/mol. The number of carbonyl (C=O) groups is 1. The second kappa shape index (κ2) is 5.33. The molecule has 0 N–H and O–H groups in total. The van der Waals surface area contributed by atoms with Crippen LogP contribution in [0.25, 0.3) is 4.96 Å². The van der Waals surface area contributed by atoms with Crippen molar-refractivity contribution in [1.29, 1.82) is 0 Å². The number of hydrogen-bond acceptors (Lipinski definition) is 4. The van der Waals surface area contributed by atoms with Gasteiger partial charge < -0.3 is 4.74 Å². The number of aromatic nitrogens is 2. The molecule has 0 amide bonds. The van der Waals surface area contributed by atoms with Gasteiger partial charge in [-0.2, -0.15) is 0 Å². The van der Waals surface area contributed by atoms with Crippen molar-refractivity contribution in [3.05, 3.63) is 23.0 Å². The van der Waals surface area contributed by atoms with E-state index in [0.29, 0.717) is 18.9 Å². The average Bonchev–Trinajstić information content (AvgIpc) is 3.05. The van der Waals surface area contributed by atoms with Crippen LogP contribution in [0.3, 0.4) is 0 Å². The lowest BCUT2D eigenvalue weighted by Crippen LogP contribution is -2.08. The molecule has 102 valence electrons. The van der Waals surface area contributed by atoms with E-state index in [1.807, 2.05) is 12.3 Å². The number of carbonyl (C=O) groups excluding carboxylic acids is 1. The van der Waals surface area contributed by atoms with Gasteiger partial charge in [0.25, 0.3) is 0 Å². The van der Waals surface area contributed by atoms with Crippen LogP contribution in [0.4, 0.5) is 0 Å². The standard InChI is InChI=1S/C14H18N2O2S/c1-2-18-13(17)7-11-9-19-14-15-12(8-16(11)14)10-5-3-4-6-10/h8-10H,2-7H2,1H3. The quantitative estimate of drug-likeness (QED) is 0.807. The van der Waals surface area contributed by atoms with Gasteiger partial charge >= 0.3 is 5.97 Å². The zero-order valence-corrected chi connectivity index (χ0v) is 11.9. The SMILES string of the molecule is CCOC(=O)Cc1csc2nc(C3CCCC3)cn12. The minimum atomic E-state index is -0.168. The van der Waals surface area contributed by atoms with Crippen molar-refractivity contribution < 1.29 is 9.53 Å². The zero-order chi connectivity index (χ0) is 13.2. The molecule has 5 heteroatoms. The molecule has 2 heterocycles. The fourth-order valence-electron chi connectivity index (χ4n) is 2.75. The van der Waals surface area contributed by atoms with Crippen LogP contribution in [0.5, 0.6) is 0 Å². The second-order valence-corrected chi connectivity index (χ2v) is 5.85. The average molecular weight is 278 g/mol. The molecule has 1 aliphatic carbocycles. The van der Waals surface area contributed by atoms with E-state index in [1.165, 1.54) is 31.4 Å². The number of fused-ring (bicyclic) bond motifs is 1. The summed E-state index contributed by atoms with van der Waals surface area (Å²) in [4.78, 5) is 17.3. The molecule has 4 nitrogen and oxygen atoms in total. The predicted molar refractivity (Wildman–Crippen MR) is 74.6 cm³/mol. The molecule has 3 rings (SSSR count). The topological polar surface area (TPSA) is 43.6 Å². The van der Waals surface area contributed by atoms with Crippen LogP contribution in [0.15, 0.2) is 11.6 Å². The maximum absolute atomic E-state index is 11.6. The van der Waals surface area contributed by atoms with Crippen molar-refractivity contribution in [1.82, 2.24) is 9.38 Å². The molecule has 2 aromatic heterocycles. The predicted octanol–water partition coefficient (Wildman–Crippen LogP) is 3.16. The number of ether oxygens (including phenoxy) is 1. The summed E-state index contributed by atoms with van der Waals surface area (Å²) in [6.07, 6.45) is 7.55. The summed E-state index contributed by atoms with van der Waals surface area (Å²) in [6, 6.07) is 0. The highest BCUT2D eigenvalue weighted by atomic mass is 32.1. The Morgan fingerprint density at radius 1 is 1.53 bits per heavy atom. The summed E-state index contributed by atoms with van der Waals surface area (Å²) < 4.78 is 7.05. The maximum Gasteiger partial charge on any atom is 0.311 e. The number of imidazole rings is 1. The van der Waals surface area contributed by atoms with Crippen LogP contribution in [0.1, 0.15) is 49.9 Å². The fourth-order valence-corrected chi connectivity index (χ4v) is 3.63. The molecule has 0 unspecified atom stereocenters. The van der Waals surface area contributed by atoms with Gasteiger partial charge in [0.15, 0.2) is 4.96 Å². The Morgan fingerprint density at radius 2 is 2.32 bits per heavy atom. The molecule has 0 bridgehead atoms. The van der Waals surface area contributed by atoms with Gasteiger partial charge in [0.05, 0.1) is 18.7 Å². The third-order valence-corrected chi connectivity index (χ3v) is 4.59. The van der Waals surface area contributed by atoms with Crippen LogP contribution in [-0.2, 0) is 16.0 Å². The van der Waals surface area contributed by atoms with E-state index in [9.17, 15) is 4.79 Å². The van der Waals surface area contributed by atoms with Crippen molar-refractivity contribution >= 4 is 22.3 Å². The molecule has 1 saturated carbocycles. The Hall–Kier alpha value is -1.36. The van der Waals surface area contributed by atoms with Gasteiger partial charge in [-0.05, 0) is 19.8 Å². The van der Waals surface area contributed by atoms with Gasteiger partial charge in [0, 0.05) is 23.2 Å². The summed E-state index contributed by atoms with van der Waals surface area (Å²) in [7, 11) is 0. The van der Waals surface area contributed by atoms with Gasteiger partial charge in [-0.3, -0.25) is 9.20 Å². The van der Waals surface area contributed by atoms with Crippen molar-refractivity contribution in [2.45, 2.75) is 44.9 Å². The highest BCUT2D eigenvalue weighted by Gasteiger charge is 2.21. The number of nitrogens with zero attached hydrogens (tertiary/aromatic N) is 2. The third-order valence-electron chi connectivity index (χ3n) is 3.71. The highest BCUT2D eigenvalue weighted by Crippen LogP contribution is 2.34. The van der Waals surface area contributed by atoms with Crippen molar-refractivity contribution in [3.8, 4) is 0 Å². The smallest absolute Gasteiger partial charge is 0.311 e. The third kappa shape index (κ3) is 2.52. The summed E-state index contributed by atoms with van der Waals surface area (Å²) in [5, 5.41) is 2.00. The van der Waals surface area contributed by atoms with E-state index in [4.69, 9.17) is 9.72 Å². The number of hydrogen-bond donors (Lipinski definition) is 0. The van der Waals surface area contributed by atoms with Crippen molar-refractivity contribution in [2.75, 3.05) is 6.61 Å². The van der Waals surface area contributed by atoms with Gasteiger partial charge in [-0.1, -0.05) is 12.8 Å². The van der Waals surface area contributed by atoms with Gasteiger partial charge in [-0.15, -0.1) is 11.3 Å². The molecule has 2 aromatic rings. The number of thiazole rings is 1.